The van der Waals surface area contributed by atoms with E-state index in [4.69, 9.17) is 5.73 Å². The molecule has 3 heterocycles. The maximum Gasteiger partial charge on any atom is 0.233 e. The zero-order valence-corrected chi connectivity index (χ0v) is 11.9. The lowest BCUT2D eigenvalue weighted by molar-refractivity contribution is -0.120. The van der Waals surface area contributed by atoms with Crippen molar-refractivity contribution in [3.8, 4) is 0 Å². The van der Waals surface area contributed by atoms with Gasteiger partial charge in [0, 0.05) is 6.54 Å². The minimum Gasteiger partial charge on any atom is -0.383 e. The molecular weight excluding hydrogens is 280 g/mol. The lowest BCUT2D eigenvalue weighted by atomic mass is 10.2. The molecule has 100 valence electrons. The molecular formula is C12H14N4OS2. The van der Waals surface area contributed by atoms with E-state index in [1.165, 1.54) is 23.1 Å². The van der Waals surface area contributed by atoms with Gasteiger partial charge in [0.1, 0.15) is 10.6 Å². The number of nitrogens with one attached hydrogen (secondary N) is 1. The molecule has 0 spiro atoms. The van der Waals surface area contributed by atoms with Gasteiger partial charge in [-0.15, -0.1) is 11.3 Å². The molecule has 1 saturated heterocycles. The predicted molar refractivity (Wildman–Crippen MR) is 78.3 cm³/mol. The molecule has 2 aromatic rings. The molecule has 19 heavy (non-hydrogen) atoms. The topological polar surface area (TPSA) is 80.9 Å². The van der Waals surface area contributed by atoms with Crippen LogP contribution < -0.4 is 11.1 Å². The molecule has 0 saturated carbocycles. The minimum atomic E-state index is -0.112. The molecule has 1 atom stereocenters. The normalized spacial score (nSPS) is 20.2. The summed E-state index contributed by atoms with van der Waals surface area (Å²) in [7, 11) is 0. The summed E-state index contributed by atoms with van der Waals surface area (Å²) >= 11 is 2.95. The molecule has 0 aromatic carbocycles. The van der Waals surface area contributed by atoms with E-state index in [2.05, 4.69) is 15.3 Å². The van der Waals surface area contributed by atoms with Crippen LogP contribution in [0.3, 0.4) is 0 Å². The number of carbonyl (C=O) groups is 1. The van der Waals surface area contributed by atoms with Crippen LogP contribution in [0.5, 0.6) is 0 Å². The third-order valence-electron chi connectivity index (χ3n) is 3.07. The van der Waals surface area contributed by atoms with Crippen LogP contribution >= 0.6 is 23.1 Å². The molecule has 5 nitrogen and oxygen atoms in total. The van der Waals surface area contributed by atoms with Crippen LogP contribution in [0.4, 0.5) is 5.82 Å². The highest BCUT2D eigenvalue weighted by molar-refractivity contribution is 8.00. The summed E-state index contributed by atoms with van der Waals surface area (Å²) in [5.41, 5.74) is 5.91. The molecule has 0 bridgehead atoms. The van der Waals surface area contributed by atoms with Crippen LogP contribution in [0, 0.1) is 0 Å². The van der Waals surface area contributed by atoms with Crippen LogP contribution in [-0.4, -0.2) is 27.7 Å². The Morgan fingerprint density at radius 3 is 3.21 bits per heavy atom. The maximum absolute atomic E-state index is 11.9. The van der Waals surface area contributed by atoms with E-state index >= 15 is 0 Å². The number of carbonyl (C=O) groups excluding carboxylic acids is 1. The zero-order chi connectivity index (χ0) is 13.2. The van der Waals surface area contributed by atoms with E-state index in [0.29, 0.717) is 11.0 Å². The SMILES string of the molecule is Nc1nc(S[C@H]2CCCCNC2=O)nc2sccc12. The second-order valence-electron chi connectivity index (χ2n) is 4.42. The Hall–Kier alpha value is -1.34. The first-order chi connectivity index (χ1) is 9.24. The van der Waals surface area contributed by atoms with Crippen LogP contribution in [-0.2, 0) is 4.79 Å². The highest BCUT2D eigenvalue weighted by atomic mass is 32.2. The van der Waals surface area contributed by atoms with Crippen molar-refractivity contribution in [1.29, 1.82) is 0 Å². The van der Waals surface area contributed by atoms with E-state index in [1.54, 1.807) is 0 Å². The van der Waals surface area contributed by atoms with Crippen molar-refractivity contribution >= 4 is 45.0 Å². The number of nitrogen functional groups attached to an aromatic ring is 1. The smallest absolute Gasteiger partial charge is 0.233 e. The van der Waals surface area contributed by atoms with Gasteiger partial charge in [-0.3, -0.25) is 4.79 Å². The number of hydrogen-bond acceptors (Lipinski definition) is 6. The van der Waals surface area contributed by atoms with Gasteiger partial charge in [-0.25, -0.2) is 9.97 Å². The number of rotatable bonds is 2. The third kappa shape index (κ3) is 2.66. The second-order valence-corrected chi connectivity index (χ2v) is 6.49. The molecule has 3 N–H and O–H groups in total. The van der Waals surface area contributed by atoms with Crippen molar-refractivity contribution in [2.75, 3.05) is 12.3 Å². The summed E-state index contributed by atoms with van der Waals surface area (Å²) in [6.45, 7) is 0.767. The first-order valence-electron chi connectivity index (χ1n) is 6.19. The zero-order valence-electron chi connectivity index (χ0n) is 10.3. The van der Waals surface area contributed by atoms with E-state index in [1.807, 2.05) is 11.4 Å². The number of nitrogens with two attached hydrogens (primary N) is 1. The molecule has 0 aliphatic carbocycles. The van der Waals surface area contributed by atoms with Crippen LogP contribution in [0.2, 0.25) is 0 Å². The van der Waals surface area contributed by atoms with Gasteiger partial charge < -0.3 is 11.1 Å². The average molecular weight is 294 g/mol. The molecule has 2 aromatic heterocycles. The molecule has 3 rings (SSSR count). The Bertz CT molecular complexity index is 613. The van der Waals surface area contributed by atoms with Crippen LogP contribution in [0.15, 0.2) is 16.6 Å². The number of thiophene rings is 1. The summed E-state index contributed by atoms with van der Waals surface area (Å²) in [4.78, 5) is 21.5. The molecule has 1 aliphatic rings. The quantitative estimate of drug-likeness (QED) is 0.828. The van der Waals surface area contributed by atoms with Crippen LogP contribution in [0.1, 0.15) is 19.3 Å². The Kier molecular flexibility index (Phi) is 3.56. The summed E-state index contributed by atoms with van der Waals surface area (Å²) in [5, 5.41) is 6.23. The van der Waals surface area contributed by atoms with Gasteiger partial charge in [-0.2, -0.15) is 0 Å². The highest BCUT2D eigenvalue weighted by Crippen LogP contribution is 2.30. The van der Waals surface area contributed by atoms with Gasteiger partial charge in [0.2, 0.25) is 5.91 Å². The van der Waals surface area contributed by atoms with Gasteiger partial charge in [-0.1, -0.05) is 18.2 Å². The number of anilines is 1. The third-order valence-corrected chi connectivity index (χ3v) is 5.00. The van der Waals surface area contributed by atoms with Gasteiger partial charge in [-0.05, 0) is 24.3 Å². The molecule has 1 aliphatic heterocycles. The fraction of sp³-hybridized carbons (Fsp3) is 0.417. The van der Waals surface area contributed by atoms with Crippen molar-refractivity contribution in [1.82, 2.24) is 15.3 Å². The Labute approximate surface area is 119 Å². The van der Waals surface area contributed by atoms with Gasteiger partial charge in [0.15, 0.2) is 5.16 Å². The van der Waals surface area contributed by atoms with E-state index < -0.39 is 0 Å². The summed E-state index contributed by atoms with van der Waals surface area (Å²) in [6, 6.07) is 1.92. The number of hydrogen-bond donors (Lipinski definition) is 2. The number of fused-ring (bicyclic) bond motifs is 1. The standard InChI is InChI=1S/C12H14N4OS2/c13-9-7-4-6-18-11(7)16-12(15-9)19-8-3-1-2-5-14-10(8)17/h4,6,8H,1-3,5H2,(H,14,17)(H2,13,15,16)/t8-/m0/s1. The average Bonchev–Trinajstić information content (AvgIpc) is 2.77. The van der Waals surface area contributed by atoms with Crippen molar-refractivity contribution in [3.63, 3.8) is 0 Å². The molecule has 7 heteroatoms. The maximum atomic E-state index is 11.9. The molecule has 1 fully saturated rings. The summed E-state index contributed by atoms with van der Waals surface area (Å²) in [5.74, 6) is 0.568. The van der Waals surface area contributed by atoms with E-state index in [0.717, 1.165) is 36.0 Å². The highest BCUT2D eigenvalue weighted by Gasteiger charge is 2.23. The molecule has 0 unspecified atom stereocenters. The largest absolute Gasteiger partial charge is 0.383 e. The number of nitrogens with zero attached hydrogens (tertiary/aromatic N) is 2. The number of amides is 1. The first-order valence-corrected chi connectivity index (χ1v) is 7.95. The van der Waals surface area contributed by atoms with Gasteiger partial charge >= 0.3 is 0 Å². The fourth-order valence-electron chi connectivity index (χ4n) is 2.06. The second kappa shape index (κ2) is 5.34. The minimum absolute atomic E-state index is 0.0796. The number of aromatic nitrogens is 2. The monoisotopic (exact) mass is 294 g/mol. The predicted octanol–water partition coefficient (Wildman–Crippen LogP) is 2.03. The van der Waals surface area contributed by atoms with Crippen molar-refractivity contribution < 1.29 is 4.79 Å². The van der Waals surface area contributed by atoms with E-state index in [-0.39, 0.29) is 11.2 Å². The van der Waals surface area contributed by atoms with Gasteiger partial charge in [0.05, 0.1) is 10.6 Å². The lowest BCUT2D eigenvalue weighted by Crippen LogP contribution is -2.30. The first kappa shape index (κ1) is 12.7. The fourth-order valence-corrected chi connectivity index (χ4v) is 3.92. The Balaban J connectivity index is 1.85. The van der Waals surface area contributed by atoms with Crippen LogP contribution in [0.25, 0.3) is 10.2 Å². The lowest BCUT2D eigenvalue weighted by Gasteiger charge is -2.11. The Morgan fingerprint density at radius 1 is 1.42 bits per heavy atom. The van der Waals surface area contributed by atoms with Crippen molar-refractivity contribution in [2.24, 2.45) is 0 Å². The summed E-state index contributed by atoms with van der Waals surface area (Å²) < 4.78 is 0. The van der Waals surface area contributed by atoms with Crippen molar-refractivity contribution in [3.05, 3.63) is 11.4 Å². The molecule has 0 radical (unpaired) electrons. The summed E-state index contributed by atoms with van der Waals surface area (Å²) in [6.07, 6.45) is 2.95. The van der Waals surface area contributed by atoms with Gasteiger partial charge in [0.25, 0.3) is 0 Å². The van der Waals surface area contributed by atoms with E-state index in [9.17, 15) is 4.79 Å². The molecule has 1 amide bonds. The Morgan fingerprint density at radius 2 is 2.32 bits per heavy atom. The number of thioether (sulfide) groups is 1. The van der Waals surface area contributed by atoms with Crippen molar-refractivity contribution in [2.45, 2.75) is 29.7 Å².